The molecule has 0 spiro atoms. The van der Waals surface area contributed by atoms with Crippen molar-refractivity contribution in [3.05, 3.63) is 42.5 Å². The molecule has 0 atom stereocenters. The average Bonchev–Trinajstić information content (AvgIpc) is 2.78. The van der Waals surface area contributed by atoms with Crippen molar-refractivity contribution in [1.29, 1.82) is 0 Å². The molecule has 0 unspecified atom stereocenters. The summed E-state index contributed by atoms with van der Waals surface area (Å²) in [4.78, 5) is 31.3. The lowest BCUT2D eigenvalue weighted by Gasteiger charge is -2.36. The topological polar surface area (TPSA) is 81.7 Å². The van der Waals surface area contributed by atoms with Crippen LogP contribution in [-0.4, -0.2) is 76.7 Å². The fraction of sp³-hybridized carbons (Fsp3) is 0.520. The number of nitrogens with zero attached hydrogens (tertiary/aromatic N) is 5. The summed E-state index contributed by atoms with van der Waals surface area (Å²) in [6.45, 7) is 13.1. The Kier molecular flexibility index (Phi) is 7.89. The van der Waals surface area contributed by atoms with Crippen LogP contribution in [0.25, 0.3) is 11.3 Å². The molecule has 0 radical (unpaired) electrons. The molecule has 0 bridgehead atoms. The highest BCUT2D eigenvalue weighted by Crippen LogP contribution is 2.19. The van der Waals surface area contributed by atoms with E-state index in [4.69, 9.17) is 0 Å². The summed E-state index contributed by atoms with van der Waals surface area (Å²) in [5.74, 6) is 1.07. The van der Waals surface area contributed by atoms with Crippen molar-refractivity contribution in [2.75, 3.05) is 44.2 Å². The second kappa shape index (κ2) is 10.6. The maximum absolute atomic E-state index is 13.0. The highest BCUT2D eigenvalue weighted by Gasteiger charge is 2.27. The molecular formula is C25H36N6O2. The molecular weight excluding hydrogens is 416 g/mol. The van der Waals surface area contributed by atoms with E-state index in [-0.39, 0.29) is 29.9 Å². The summed E-state index contributed by atoms with van der Waals surface area (Å²) in [6, 6.07) is 13.7. The molecule has 8 nitrogen and oxygen atoms in total. The Balaban J connectivity index is 1.55. The molecule has 1 N–H and O–H groups in total. The normalized spacial score (nSPS) is 14.4. The number of carbonyl (C=O) groups is 2. The first-order chi connectivity index (χ1) is 15.6. The fourth-order valence-electron chi connectivity index (χ4n) is 3.76. The van der Waals surface area contributed by atoms with E-state index in [0.717, 1.165) is 17.1 Å². The number of hydrogen-bond acceptors (Lipinski definition) is 5. The molecule has 1 aromatic carbocycles. The number of rotatable bonds is 6. The van der Waals surface area contributed by atoms with E-state index in [0.29, 0.717) is 32.7 Å². The van der Waals surface area contributed by atoms with E-state index in [2.05, 4.69) is 20.4 Å². The first kappa shape index (κ1) is 24.5. The van der Waals surface area contributed by atoms with Gasteiger partial charge in [-0.3, -0.25) is 4.79 Å². The molecule has 1 saturated heterocycles. The van der Waals surface area contributed by atoms with Crippen molar-refractivity contribution in [1.82, 2.24) is 25.3 Å². The number of urea groups is 1. The Morgan fingerprint density at radius 1 is 1.00 bits per heavy atom. The standard InChI is InChI=1S/C25H36N6O2/c1-19(2)17-31(24(33)26-25(3,4)5)18-23(32)30-15-13-29(14-16-30)22-12-11-21(27-28-22)20-9-7-6-8-10-20/h6-12,19H,13-18H2,1-5H3,(H,26,33). The smallest absolute Gasteiger partial charge is 0.318 e. The Bertz CT molecular complexity index is 916. The lowest BCUT2D eigenvalue weighted by Crippen LogP contribution is -2.55. The van der Waals surface area contributed by atoms with Gasteiger partial charge in [0.2, 0.25) is 5.91 Å². The van der Waals surface area contributed by atoms with Gasteiger partial charge < -0.3 is 20.0 Å². The second-order valence-electron chi connectivity index (χ2n) is 9.97. The predicted octanol–water partition coefficient (Wildman–Crippen LogP) is 3.26. The van der Waals surface area contributed by atoms with Crippen molar-refractivity contribution in [3.63, 3.8) is 0 Å². The largest absolute Gasteiger partial charge is 0.352 e. The molecule has 1 aromatic heterocycles. The zero-order valence-corrected chi connectivity index (χ0v) is 20.4. The predicted molar refractivity (Wildman–Crippen MR) is 131 cm³/mol. The van der Waals surface area contributed by atoms with Crippen molar-refractivity contribution in [2.24, 2.45) is 5.92 Å². The van der Waals surface area contributed by atoms with Crippen molar-refractivity contribution in [3.8, 4) is 11.3 Å². The van der Waals surface area contributed by atoms with Crippen LogP contribution in [0.5, 0.6) is 0 Å². The molecule has 1 aliphatic heterocycles. The van der Waals surface area contributed by atoms with Crippen molar-refractivity contribution in [2.45, 2.75) is 40.2 Å². The first-order valence-corrected chi connectivity index (χ1v) is 11.6. The molecule has 1 aliphatic rings. The van der Waals surface area contributed by atoms with E-state index >= 15 is 0 Å². The summed E-state index contributed by atoms with van der Waals surface area (Å²) >= 11 is 0. The maximum atomic E-state index is 13.0. The van der Waals surface area contributed by atoms with Gasteiger partial charge >= 0.3 is 6.03 Å². The third-order valence-electron chi connectivity index (χ3n) is 5.36. The number of hydrogen-bond donors (Lipinski definition) is 1. The molecule has 2 aromatic rings. The van der Waals surface area contributed by atoms with E-state index in [1.165, 1.54) is 0 Å². The highest BCUT2D eigenvalue weighted by atomic mass is 16.2. The van der Waals surface area contributed by atoms with Gasteiger partial charge in [-0.1, -0.05) is 44.2 Å². The summed E-state index contributed by atoms with van der Waals surface area (Å²) in [6.07, 6.45) is 0. The van der Waals surface area contributed by atoms with Crippen LogP contribution in [-0.2, 0) is 4.79 Å². The molecule has 0 aliphatic carbocycles. The summed E-state index contributed by atoms with van der Waals surface area (Å²) < 4.78 is 0. The van der Waals surface area contributed by atoms with Crippen molar-refractivity contribution < 1.29 is 9.59 Å². The van der Waals surface area contributed by atoms with Gasteiger partial charge in [-0.15, -0.1) is 10.2 Å². The van der Waals surface area contributed by atoms with Crippen LogP contribution in [0.4, 0.5) is 10.6 Å². The minimum absolute atomic E-state index is 0.0233. The zero-order valence-electron chi connectivity index (χ0n) is 20.4. The SMILES string of the molecule is CC(C)CN(CC(=O)N1CCN(c2ccc(-c3ccccc3)nn2)CC1)C(=O)NC(C)(C)C. The molecule has 1 fully saturated rings. The summed E-state index contributed by atoms with van der Waals surface area (Å²) in [5.41, 5.74) is 1.53. The van der Waals surface area contributed by atoms with Gasteiger partial charge in [0.25, 0.3) is 0 Å². The van der Waals surface area contributed by atoms with E-state index in [1.807, 2.05) is 82.0 Å². The molecule has 8 heteroatoms. The average molecular weight is 453 g/mol. The van der Waals surface area contributed by atoms with Crippen LogP contribution < -0.4 is 10.2 Å². The minimum Gasteiger partial charge on any atom is -0.352 e. The van der Waals surface area contributed by atoms with Gasteiger partial charge in [0.1, 0.15) is 6.54 Å². The van der Waals surface area contributed by atoms with Crippen LogP contribution >= 0.6 is 0 Å². The van der Waals surface area contributed by atoms with E-state index in [9.17, 15) is 9.59 Å². The molecule has 0 saturated carbocycles. The Morgan fingerprint density at radius 2 is 1.67 bits per heavy atom. The third-order valence-corrected chi connectivity index (χ3v) is 5.36. The van der Waals surface area contributed by atoms with Crippen LogP contribution in [0.15, 0.2) is 42.5 Å². The number of piperazine rings is 1. The fourth-order valence-corrected chi connectivity index (χ4v) is 3.76. The number of anilines is 1. The Hall–Kier alpha value is -3.16. The Labute approximate surface area is 197 Å². The molecule has 3 amide bonds. The molecule has 178 valence electrons. The van der Waals surface area contributed by atoms with Crippen LogP contribution in [0.2, 0.25) is 0 Å². The number of amides is 3. The quantitative estimate of drug-likeness (QED) is 0.728. The highest BCUT2D eigenvalue weighted by molar-refractivity contribution is 5.84. The van der Waals surface area contributed by atoms with Gasteiger partial charge in [-0.05, 0) is 38.8 Å². The first-order valence-electron chi connectivity index (χ1n) is 11.6. The number of nitrogens with one attached hydrogen (secondary N) is 1. The lowest BCUT2D eigenvalue weighted by molar-refractivity contribution is -0.132. The summed E-state index contributed by atoms with van der Waals surface area (Å²) in [5, 5.41) is 11.7. The molecule has 3 rings (SSSR count). The zero-order chi connectivity index (χ0) is 24.0. The van der Waals surface area contributed by atoms with Gasteiger partial charge in [0.05, 0.1) is 5.69 Å². The monoisotopic (exact) mass is 452 g/mol. The van der Waals surface area contributed by atoms with Crippen LogP contribution in [0.1, 0.15) is 34.6 Å². The van der Waals surface area contributed by atoms with Gasteiger partial charge in [0.15, 0.2) is 5.82 Å². The molecule has 33 heavy (non-hydrogen) atoms. The van der Waals surface area contributed by atoms with Crippen LogP contribution in [0.3, 0.4) is 0 Å². The summed E-state index contributed by atoms with van der Waals surface area (Å²) in [7, 11) is 0. The third kappa shape index (κ3) is 7.17. The van der Waals surface area contributed by atoms with Crippen molar-refractivity contribution >= 4 is 17.8 Å². The van der Waals surface area contributed by atoms with Crippen LogP contribution in [0, 0.1) is 5.92 Å². The lowest BCUT2D eigenvalue weighted by atomic mass is 10.1. The number of aromatic nitrogens is 2. The van der Waals surface area contributed by atoms with Gasteiger partial charge in [0, 0.05) is 43.8 Å². The van der Waals surface area contributed by atoms with Gasteiger partial charge in [-0.25, -0.2) is 4.79 Å². The molecule has 2 heterocycles. The minimum atomic E-state index is -0.349. The van der Waals surface area contributed by atoms with E-state index in [1.54, 1.807) is 4.90 Å². The van der Waals surface area contributed by atoms with Gasteiger partial charge in [-0.2, -0.15) is 0 Å². The van der Waals surface area contributed by atoms with E-state index < -0.39 is 0 Å². The Morgan fingerprint density at radius 3 is 2.21 bits per heavy atom. The second-order valence-corrected chi connectivity index (χ2v) is 9.97. The number of carbonyl (C=O) groups excluding carboxylic acids is 2. The number of benzene rings is 1. The maximum Gasteiger partial charge on any atom is 0.318 e.